The number of nitrogens with one attached hydrogen (secondary N) is 2. The molecule has 0 bridgehead atoms. The van der Waals surface area contributed by atoms with Crippen molar-refractivity contribution in [2.45, 2.75) is 32.7 Å². The third-order valence-electron chi connectivity index (χ3n) is 5.71. The molecule has 1 aliphatic heterocycles. The minimum Gasteiger partial charge on any atom is -0.305 e. The summed E-state index contributed by atoms with van der Waals surface area (Å²) in [6, 6.07) is 16.4. The zero-order valence-corrected chi connectivity index (χ0v) is 18.9. The minimum atomic E-state index is -0.305. The first-order valence-electron chi connectivity index (χ1n) is 11.0. The van der Waals surface area contributed by atoms with Crippen LogP contribution in [-0.2, 0) is 22.6 Å². The van der Waals surface area contributed by atoms with Crippen LogP contribution >= 0.6 is 0 Å². The molecular weight excluding hydrogens is 402 g/mol. The predicted molar refractivity (Wildman–Crippen MR) is 124 cm³/mol. The van der Waals surface area contributed by atoms with Gasteiger partial charge in [0.1, 0.15) is 0 Å². The summed E-state index contributed by atoms with van der Waals surface area (Å²) < 4.78 is 0. The van der Waals surface area contributed by atoms with Gasteiger partial charge in [0.15, 0.2) is 0 Å². The molecule has 32 heavy (non-hydrogen) atoms. The molecule has 0 saturated carbocycles. The van der Waals surface area contributed by atoms with E-state index in [0.29, 0.717) is 12.0 Å². The number of carbonyl (C=O) groups is 2. The van der Waals surface area contributed by atoms with Gasteiger partial charge in [-0.3, -0.25) is 25.3 Å². The molecule has 1 fully saturated rings. The van der Waals surface area contributed by atoms with Crippen LogP contribution in [0.25, 0.3) is 11.1 Å². The number of hydrazine groups is 1. The molecule has 168 valence electrons. The van der Waals surface area contributed by atoms with Crippen LogP contribution in [0.2, 0.25) is 0 Å². The van der Waals surface area contributed by atoms with Crippen LogP contribution in [0.4, 0.5) is 0 Å². The van der Waals surface area contributed by atoms with E-state index in [0.717, 1.165) is 55.0 Å². The van der Waals surface area contributed by atoms with Crippen molar-refractivity contribution in [2.24, 2.45) is 0 Å². The van der Waals surface area contributed by atoms with Crippen LogP contribution in [0.15, 0.2) is 42.5 Å². The van der Waals surface area contributed by atoms with E-state index < -0.39 is 0 Å². The number of nitriles is 1. The van der Waals surface area contributed by atoms with Crippen LogP contribution in [0, 0.1) is 11.3 Å². The molecule has 0 atom stereocenters. The molecule has 3 rings (SSSR count). The van der Waals surface area contributed by atoms with Crippen molar-refractivity contribution in [1.82, 2.24) is 20.7 Å². The standard InChI is InChI=1S/C25H31N5O2/c1-19(31)27-28-25(32)11-7-20-4-8-22(9-5-20)24-10-6-21(16-23(24)17-26)18-30-13-3-12-29(2)14-15-30/h4-6,8-10,16H,3,7,11-15,18H2,1-2H3,(H,27,31)(H,28,32). The molecule has 7 heteroatoms. The molecule has 2 aromatic rings. The SMILES string of the molecule is CC(=O)NNC(=O)CCc1ccc(-c2ccc(CN3CCCN(C)CC3)cc2C#N)cc1. The van der Waals surface area contributed by atoms with E-state index in [-0.39, 0.29) is 18.2 Å². The second-order valence-electron chi connectivity index (χ2n) is 8.35. The number of nitrogens with zero attached hydrogens (tertiary/aromatic N) is 3. The van der Waals surface area contributed by atoms with Gasteiger partial charge in [-0.2, -0.15) is 5.26 Å². The monoisotopic (exact) mass is 433 g/mol. The lowest BCUT2D eigenvalue weighted by molar-refractivity contribution is -0.127. The van der Waals surface area contributed by atoms with Crippen LogP contribution < -0.4 is 10.9 Å². The quantitative estimate of drug-likeness (QED) is 0.684. The van der Waals surface area contributed by atoms with Crippen molar-refractivity contribution in [3.8, 4) is 17.2 Å². The Morgan fingerprint density at radius 2 is 1.75 bits per heavy atom. The highest BCUT2D eigenvalue weighted by molar-refractivity contribution is 5.80. The number of carbonyl (C=O) groups excluding carboxylic acids is 2. The van der Waals surface area contributed by atoms with Crippen LogP contribution in [-0.4, -0.2) is 54.8 Å². The summed E-state index contributed by atoms with van der Waals surface area (Å²) in [6.07, 6.45) is 2.02. The number of rotatable bonds is 6. The lowest BCUT2D eigenvalue weighted by atomic mass is 9.96. The van der Waals surface area contributed by atoms with Crippen LogP contribution in [0.5, 0.6) is 0 Å². The summed E-state index contributed by atoms with van der Waals surface area (Å²) in [7, 11) is 2.16. The fourth-order valence-electron chi connectivity index (χ4n) is 3.88. The van der Waals surface area contributed by atoms with Crippen molar-refractivity contribution in [1.29, 1.82) is 5.26 Å². The molecule has 0 radical (unpaired) electrons. The van der Waals surface area contributed by atoms with E-state index in [4.69, 9.17) is 0 Å². The maximum absolute atomic E-state index is 11.7. The van der Waals surface area contributed by atoms with Crippen LogP contribution in [0.1, 0.15) is 36.5 Å². The Morgan fingerprint density at radius 3 is 2.47 bits per heavy atom. The molecular formula is C25H31N5O2. The fraction of sp³-hybridized carbons (Fsp3) is 0.400. The molecule has 0 aliphatic carbocycles. The van der Waals surface area contributed by atoms with Gasteiger partial charge in [-0.15, -0.1) is 0 Å². The average Bonchev–Trinajstić information content (AvgIpc) is 3.00. The molecule has 2 N–H and O–H groups in total. The third-order valence-corrected chi connectivity index (χ3v) is 5.71. The summed E-state index contributed by atoms with van der Waals surface area (Å²) in [5, 5.41) is 9.73. The Hall–Kier alpha value is -3.21. The minimum absolute atomic E-state index is 0.234. The second-order valence-corrected chi connectivity index (χ2v) is 8.35. The molecule has 1 saturated heterocycles. The van der Waals surface area contributed by atoms with Gasteiger partial charge in [-0.1, -0.05) is 36.4 Å². The topological polar surface area (TPSA) is 88.5 Å². The van der Waals surface area contributed by atoms with E-state index in [9.17, 15) is 14.9 Å². The van der Waals surface area contributed by atoms with Gasteiger partial charge < -0.3 is 4.90 Å². The van der Waals surface area contributed by atoms with Gasteiger partial charge in [0.25, 0.3) is 0 Å². The highest BCUT2D eigenvalue weighted by atomic mass is 16.2. The van der Waals surface area contributed by atoms with Gasteiger partial charge in [0, 0.05) is 33.0 Å². The van der Waals surface area contributed by atoms with Gasteiger partial charge in [-0.05, 0) is 61.3 Å². The Balaban J connectivity index is 1.62. The summed E-state index contributed by atoms with van der Waals surface area (Å²) in [6.45, 7) is 6.54. The molecule has 2 aromatic carbocycles. The number of hydrogen-bond donors (Lipinski definition) is 2. The number of hydrogen-bond acceptors (Lipinski definition) is 5. The van der Waals surface area contributed by atoms with E-state index in [1.54, 1.807) is 0 Å². The van der Waals surface area contributed by atoms with Crippen molar-refractivity contribution >= 4 is 11.8 Å². The number of benzene rings is 2. The Labute approximate surface area is 190 Å². The van der Waals surface area contributed by atoms with Gasteiger partial charge in [0.2, 0.25) is 11.8 Å². The third kappa shape index (κ3) is 6.91. The smallest absolute Gasteiger partial charge is 0.238 e. The zero-order valence-electron chi connectivity index (χ0n) is 18.9. The van der Waals surface area contributed by atoms with Crippen molar-refractivity contribution in [3.63, 3.8) is 0 Å². The summed E-state index contributed by atoms with van der Waals surface area (Å²) in [5.74, 6) is -0.538. The van der Waals surface area contributed by atoms with E-state index in [1.165, 1.54) is 13.3 Å². The van der Waals surface area contributed by atoms with Crippen molar-refractivity contribution < 1.29 is 9.59 Å². The maximum Gasteiger partial charge on any atom is 0.238 e. The molecule has 2 amide bonds. The van der Waals surface area contributed by atoms with Gasteiger partial charge >= 0.3 is 0 Å². The average molecular weight is 434 g/mol. The lowest BCUT2D eigenvalue weighted by Gasteiger charge is -2.20. The summed E-state index contributed by atoms with van der Waals surface area (Å²) in [4.78, 5) is 27.4. The zero-order chi connectivity index (χ0) is 22.9. The number of likely N-dealkylation sites (N-methyl/N-ethyl adjacent to an activating group) is 1. The van der Waals surface area contributed by atoms with Gasteiger partial charge in [0.05, 0.1) is 11.6 Å². The summed E-state index contributed by atoms with van der Waals surface area (Å²) >= 11 is 0. The van der Waals surface area contributed by atoms with E-state index in [2.05, 4.69) is 39.8 Å². The van der Waals surface area contributed by atoms with Gasteiger partial charge in [-0.25, -0.2) is 0 Å². The number of amides is 2. The predicted octanol–water partition coefficient (Wildman–Crippen LogP) is 2.46. The van der Waals surface area contributed by atoms with Crippen LogP contribution in [0.3, 0.4) is 0 Å². The molecule has 0 aromatic heterocycles. The van der Waals surface area contributed by atoms with E-state index >= 15 is 0 Å². The first-order chi connectivity index (χ1) is 15.4. The molecule has 1 aliphatic rings. The highest BCUT2D eigenvalue weighted by Gasteiger charge is 2.14. The van der Waals surface area contributed by atoms with Crippen molar-refractivity contribution in [2.75, 3.05) is 33.2 Å². The summed E-state index contributed by atoms with van der Waals surface area (Å²) in [5.41, 5.74) is 9.41. The molecule has 7 nitrogen and oxygen atoms in total. The Morgan fingerprint density at radius 1 is 1.00 bits per heavy atom. The first kappa shape index (κ1) is 23.5. The second kappa shape index (κ2) is 11.4. The Kier molecular flexibility index (Phi) is 8.37. The largest absolute Gasteiger partial charge is 0.305 e. The lowest BCUT2D eigenvalue weighted by Crippen LogP contribution is -2.40. The molecule has 1 heterocycles. The fourth-order valence-corrected chi connectivity index (χ4v) is 3.88. The normalized spacial score (nSPS) is 14.9. The van der Waals surface area contributed by atoms with Crippen molar-refractivity contribution in [3.05, 3.63) is 59.2 Å². The number of aryl methyl sites for hydroxylation is 1. The van der Waals surface area contributed by atoms with E-state index in [1.807, 2.05) is 36.4 Å². The Bertz CT molecular complexity index is 981. The molecule has 0 spiro atoms. The highest BCUT2D eigenvalue weighted by Crippen LogP contribution is 2.26. The first-order valence-corrected chi connectivity index (χ1v) is 11.0. The maximum atomic E-state index is 11.7. The molecule has 0 unspecified atom stereocenters.